The van der Waals surface area contributed by atoms with Gasteiger partial charge in [-0.25, -0.2) is 5.06 Å². The molecule has 0 aromatic heterocycles. The van der Waals surface area contributed by atoms with Crippen LogP contribution in [-0.2, 0) is 9.63 Å². The largest absolute Gasteiger partial charge is 0.294 e. The maximum atomic E-state index is 12.0. The van der Waals surface area contributed by atoms with E-state index in [2.05, 4.69) is 0 Å². The molecule has 5 heteroatoms. The van der Waals surface area contributed by atoms with Crippen molar-refractivity contribution >= 4 is 23.3 Å². The van der Waals surface area contributed by atoms with E-state index in [4.69, 9.17) is 16.4 Å². The van der Waals surface area contributed by atoms with Crippen molar-refractivity contribution in [3.63, 3.8) is 0 Å². The minimum Gasteiger partial charge on any atom is -0.294 e. The molecule has 4 nitrogen and oxygen atoms in total. The number of hydrogen-bond donors (Lipinski definition) is 0. The summed E-state index contributed by atoms with van der Waals surface area (Å²) in [7, 11) is 3.02. The maximum absolute atomic E-state index is 12.0. The van der Waals surface area contributed by atoms with E-state index in [1.807, 2.05) is 6.92 Å². The van der Waals surface area contributed by atoms with Crippen molar-refractivity contribution in [1.82, 2.24) is 5.06 Å². The lowest BCUT2D eigenvalue weighted by Gasteiger charge is -2.19. The zero-order valence-corrected chi connectivity index (χ0v) is 12.8. The lowest BCUT2D eigenvalue weighted by atomic mass is 9.97. The lowest BCUT2D eigenvalue weighted by Crippen LogP contribution is -2.29. The summed E-state index contributed by atoms with van der Waals surface area (Å²) < 4.78 is 0. The Morgan fingerprint density at radius 3 is 2.40 bits per heavy atom. The zero-order chi connectivity index (χ0) is 15.1. The van der Waals surface area contributed by atoms with Crippen molar-refractivity contribution in [2.45, 2.75) is 25.7 Å². The molecule has 0 aliphatic carbocycles. The molecule has 0 saturated carbocycles. The second-order valence-corrected chi connectivity index (χ2v) is 4.96. The Morgan fingerprint density at radius 1 is 1.30 bits per heavy atom. The predicted molar refractivity (Wildman–Crippen MR) is 78.9 cm³/mol. The normalized spacial score (nSPS) is 12.0. The Morgan fingerprint density at radius 2 is 1.90 bits per heavy atom. The summed E-state index contributed by atoms with van der Waals surface area (Å²) in [6.45, 7) is 1.81. The van der Waals surface area contributed by atoms with E-state index >= 15 is 0 Å². The number of amides is 1. The van der Waals surface area contributed by atoms with Gasteiger partial charge in [0.05, 0.1) is 13.0 Å². The standard InChI is InChI=1S/C15H20ClNO3/c1-11(15(19)17(2)20-3)12-6-8-13(9-7-12)14(18)5-4-10-16/h6-9,11H,4-5,10H2,1-3H3. The number of benzene rings is 1. The highest BCUT2D eigenvalue weighted by molar-refractivity contribution is 6.18. The number of alkyl halides is 1. The van der Waals surface area contributed by atoms with Crippen molar-refractivity contribution in [3.05, 3.63) is 35.4 Å². The van der Waals surface area contributed by atoms with Crippen LogP contribution in [0.1, 0.15) is 41.6 Å². The molecule has 0 fully saturated rings. The number of carbonyl (C=O) groups excluding carboxylic acids is 2. The average Bonchev–Trinajstić information content (AvgIpc) is 2.50. The van der Waals surface area contributed by atoms with Gasteiger partial charge in [0.15, 0.2) is 5.78 Å². The highest BCUT2D eigenvalue weighted by atomic mass is 35.5. The van der Waals surface area contributed by atoms with E-state index in [0.29, 0.717) is 24.3 Å². The summed E-state index contributed by atoms with van der Waals surface area (Å²) in [6, 6.07) is 7.12. The Labute approximate surface area is 124 Å². The number of ketones is 1. The van der Waals surface area contributed by atoms with Crippen LogP contribution in [0.2, 0.25) is 0 Å². The predicted octanol–water partition coefficient (Wildman–Crippen LogP) is 3.01. The highest BCUT2D eigenvalue weighted by Crippen LogP contribution is 2.19. The fourth-order valence-electron chi connectivity index (χ4n) is 1.83. The maximum Gasteiger partial charge on any atom is 0.253 e. The summed E-state index contributed by atoms with van der Waals surface area (Å²) in [4.78, 5) is 28.7. The molecule has 1 atom stereocenters. The van der Waals surface area contributed by atoms with Crippen LogP contribution in [0.25, 0.3) is 0 Å². The van der Waals surface area contributed by atoms with Crippen LogP contribution >= 0.6 is 11.6 Å². The van der Waals surface area contributed by atoms with Gasteiger partial charge in [-0.1, -0.05) is 24.3 Å². The van der Waals surface area contributed by atoms with E-state index in [1.54, 1.807) is 31.3 Å². The number of carbonyl (C=O) groups is 2. The van der Waals surface area contributed by atoms with Gasteiger partial charge in [0.25, 0.3) is 5.91 Å². The summed E-state index contributed by atoms with van der Waals surface area (Å²) >= 11 is 5.57. The Kier molecular flexibility index (Phi) is 6.68. The molecule has 0 heterocycles. The molecular weight excluding hydrogens is 278 g/mol. The highest BCUT2D eigenvalue weighted by Gasteiger charge is 2.19. The van der Waals surface area contributed by atoms with Crippen LogP contribution in [-0.4, -0.2) is 36.8 Å². The third kappa shape index (κ3) is 4.32. The van der Waals surface area contributed by atoms with Gasteiger partial charge in [-0.05, 0) is 18.9 Å². The number of Topliss-reactive ketones (excluding diaryl/α,β-unsaturated/α-hetero) is 1. The molecule has 0 N–H and O–H groups in total. The molecule has 0 bridgehead atoms. The molecule has 0 saturated heterocycles. The van der Waals surface area contributed by atoms with Crippen LogP contribution < -0.4 is 0 Å². The number of hydrogen-bond acceptors (Lipinski definition) is 3. The molecule has 1 aromatic carbocycles. The van der Waals surface area contributed by atoms with E-state index in [9.17, 15) is 9.59 Å². The Hall–Kier alpha value is -1.39. The second kappa shape index (κ2) is 8.02. The summed E-state index contributed by atoms with van der Waals surface area (Å²) in [5.74, 6) is 0.115. The molecule has 0 spiro atoms. The summed E-state index contributed by atoms with van der Waals surface area (Å²) in [6.07, 6.45) is 1.12. The van der Waals surface area contributed by atoms with Crippen molar-refractivity contribution in [2.24, 2.45) is 0 Å². The number of hydroxylamine groups is 2. The minimum atomic E-state index is -0.313. The van der Waals surface area contributed by atoms with Crippen LogP contribution in [0.4, 0.5) is 0 Å². The number of likely N-dealkylation sites (N-methyl/N-ethyl adjacent to an activating group) is 1. The van der Waals surface area contributed by atoms with Crippen molar-refractivity contribution in [1.29, 1.82) is 0 Å². The van der Waals surface area contributed by atoms with Crippen LogP contribution in [0.15, 0.2) is 24.3 Å². The molecule has 1 amide bonds. The average molecular weight is 298 g/mol. The fraction of sp³-hybridized carbons (Fsp3) is 0.467. The van der Waals surface area contributed by atoms with Gasteiger partial charge in [-0.2, -0.15) is 0 Å². The first-order chi connectivity index (χ1) is 9.51. The molecule has 1 unspecified atom stereocenters. The first-order valence-corrected chi connectivity index (χ1v) is 7.05. The molecule has 0 aliphatic heterocycles. The first-order valence-electron chi connectivity index (χ1n) is 6.52. The zero-order valence-electron chi connectivity index (χ0n) is 12.1. The number of rotatable bonds is 7. The van der Waals surface area contributed by atoms with Gasteiger partial charge in [-0.15, -0.1) is 11.6 Å². The topological polar surface area (TPSA) is 46.6 Å². The number of halogens is 1. The smallest absolute Gasteiger partial charge is 0.253 e. The molecule has 1 aromatic rings. The number of nitrogens with zero attached hydrogens (tertiary/aromatic N) is 1. The molecule has 0 aliphatic rings. The van der Waals surface area contributed by atoms with Crippen molar-refractivity contribution in [3.8, 4) is 0 Å². The summed E-state index contributed by atoms with van der Waals surface area (Å²) in [5, 5.41) is 1.20. The van der Waals surface area contributed by atoms with E-state index in [0.717, 1.165) is 5.56 Å². The fourth-order valence-corrected chi connectivity index (χ4v) is 1.97. The molecule has 110 valence electrons. The molecule has 0 radical (unpaired) electrons. The van der Waals surface area contributed by atoms with Crippen molar-refractivity contribution < 1.29 is 14.4 Å². The van der Waals surface area contributed by atoms with Gasteiger partial charge in [0.1, 0.15) is 0 Å². The third-order valence-corrected chi connectivity index (χ3v) is 3.49. The Bertz CT molecular complexity index is 459. The molecule has 20 heavy (non-hydrogen) atoms. The van der Waals surface area contributed by atoms with Gasteiger partial charge in [-0.3, -0.25) is 14.4 Å². The van der Waals surface area contributed by atoms with Crippen LogP contribution in [0, 0.1) is 0 Å². The lowest BCUT2D eigenvalue weighted by molar-refractivity contribution is -0.170. The van der Waals surface area contributed by atoms with Crippen LogP contribution in [0.3, 0.4) is 0 Å². The Balaban J connectivity index is 2.75. The monoisotopic (exact) mass is 297 g/mol. The summed E-state index contributed by atoms with van der Waals surface area (Å²) in [5.41, 5.74) is 1.51. The first kappa shape index (κ1) is 16.7. The van der Waals surface area contributed by atoms with Gasteiger partial charge >= 0.3 is 0 Å². The molecular formula is C15H20ClNO3. The second-order valence-electron chi connectivity index (χ2n) is 4.58. The van der Waals surface area contributed by atoms with E-state index in [-0.39, 0.29) is 17.6 Å². The molecule has 1 rings (SSSR count). The van der Waals surface area contributed by atoms with E-state index < -0.39 is 0 Å². The van der Waals surface area contributed by atoms with Gasteiger partial charge < -0.3 is 0 Å². The van der Waals surface area contributed by atoms with Gasteiger partial charge in [0.2, 0.25) is 0 Å². The minimum absolute atomic E-state index is 0.0742. The van der Waals surface area contributed by atoms with Gasteiger partial charge in [0, 0.05) is 24.9 Å². The quantitative estimate of drug-likeness (QED) is 0.441. The third-order valence-electron chi connectivity index (χ3n) is 3.22. The van der Waals surface area contributed by atoms with Crippen LogP contribution in [0.5, 0.6) is 0 Å². The SMILES string of the molecule is CON(C)C(=O)C(C)c1ccc(C(=O)CCCCl)cc1. The van der Waals surface area contributed by atoms with E-state index in [1.165, 1.54) is 12.2 Å². The van der Waals surface area contributed by atoms with Crippen molar-refractivity contribution in [2.75, 3.05) is 20.0 Å².